The van der Waals surface area contributed by atoms with Crippen LogP contribution in [0.2, 0.25) is 0 Å². The second-order valence-electron chi connectivity index (χ2n) is 2.10. The smallest absolute Gasteiger partial charge is 0.324 e. The Bertz CT molecular complexity index is 387. The van der Waals surface area contributed by atoms with Crippen LogP contribution in [0.3, 0.4) is 0 Å². The van der Waals surface area contributed by atoms with Gasteiger partial charge in [0.25, 0.3) is 0 Å². The average molecular weight is 241 g/mol. The molecule has 0 saturated carbocycles. The number of carbonyl (C=O) groups excluding carboxylic acids is 1. The molecule has 0 spiro atoms. The van der Waals surface area contributed by atoms with E-state index in [0.717, 1.165) is 11.8 Å². The van der Waals surface area contributed by atoms with Gasteiger partial charge in [-0.15, -0.1) is 11.8 Å². The first kappa shape index (κ1) is 10.6. The van der Waals surface area contributed by atoms with E-state index in [1.807, 2.05) is 0 Å². The quantitative estimate of drug-likeness (QED) is 0.491. The van der Waals surface area contributed by atoms with Gasteiger partial charge in [0.1, 0.15) is 10.1 Å². The lowest BCUT2D eigenvalue weighted by atomic mass is 10.3. The van der Waals surface area contributed by atoms with Gasteiger partial charge >= 0.3 is 5.97 Å². The van der Waals surface area contributed by atoms with Crippen LogP contribution in [0.15, 0.2) is 10.4 Å². The SMILES string of the molecule is COC(=O)C1SC=C(Cl)C1=S(=O)=O. The summed E-state index contributed by atoms with van der Waals surface area (Å²) in [6.45, 7) is 0. The zero-order chi connectivity index (χ0) is 10.0. The summed E-state index contributed by atoms with van der Waals surface area (Å²) in [7, 11) is -1.28. The normalized spacial score (nSPS) is 21.2. The number of hydrogen-bond donors (Lipinski definition) is 0. The Balaban J connectivity index is 3.10. The Labute approximate surface area is 85.4 Å². The predicted molar refractivity (Wildman–Crippen MR) is 51.3 cm³/mol. The molecule has 72 valence electrons. The van der Waals surface area contributed by atoms with Gasteiger partial charge in [0.15, 0.2) is 0 Å². The molecule has 0 amide bonds. The molecular weight excluding hydrogens is 236 g/mol. The second kappa shape index (κ2) is 4.17. The van der Waals surface area contributed by atoms with Crippen LogP contribution in [0.4, 0.5) is 0 Å². The molecule has 0 aromatic carbocycles. The molecule has 1 atom stereocenters. The number of ether oxygens (including phenoxy) is 1. The molecule has 4 nitrogen and oxygen atoms in total. The lowest BCUT2D eigenvalue weighted by Crippen LogP contribution is -2.25. The average Bonchev–Trinajstić information content (AvgIpc) is 2.45. The molecule has 1 aliphatic heterocycles. The van der Waals surface area contributed by atoms with E-state index in [4.69, 9.17) is 11.6 Å². The maximum atomic E-state index is 11.0. The van der Waals surface area contributed by atoms with Crippen LogP contribution in [-0.2, 0) is 19.8 Å². The summed E-state index contributed by atoms with van der Waals surface area (Å²) in [6.07, 6.45) is 0. The van der Waals surface area contributed by atoms with Gasteiger partial charge in [0, 0.05) is 0 Å². The van der Waals surface area contributed by atoms with Crippen molar-refractivity contribution < 1.29 is 17.9 Å². The molecule has 1 aliphatic rings. The first-order valence-corrected chi connectivity index (χ1v) is 5.53. The Morgan fingerprint density at radius 3 is 2.77 bits per heavy atom. The van der Waals surface area contributed by atoms with Gasteiger partial charge in [-0.2, -0.15) is 8.42 Å². The van der Waals surface area contributed by atoms with Gasteiger partial charge in [0.05, 0.1) is 12.1 Å². The molecule has 7 heteroatoms. The van der Waals surface area contributed by atoms with Gasteiger partial charge < -0.3 is 4.74 Å². The van der Waals surface area contributed by atoms with Crippen LogP contribution < -0.4 is 0 Å². The van der Waals surface area contributed by atoms with Gasteiger partial charge in [-0.05, 0) is 5.41 Å². The van der Waals surface area contributed by atoms with E-state index < -0.39 is 21.5 Å². The standard InChI is InChI=1S/C6H5ClO4S2/c1-11-6(8)4-5(13(9)10)3(7)2-12-4/h2,4H,1H3. The van der Waals surface area contributed by atoms with Crippen LogP contribution in [0.1, 0.15) is 0 Å². The summed E-state index contributed by atoms with van der Waals surface area (Å²) in [5.74, 6) is -0.615. The molecule has 0 N–H and O–H groups in total. The molecule has 0 radical (unpaired) electrons. The van der Waals surface area contributed by atoms with Gasteiger partial charge in [0.2, 0.25) is 10.3 Å². The number of halogens is 1. The molecule has 0 fully saturated rings. The van der Waals surface area contributed by atoms with Crippen molar-refractivity contribution >= 4 is 44.5 Å². The number of methoxy groups -OCH3 is 1. The van der Waals surface area contributed by atoms with E-state index in [1.165, 1.54) is 12.5 Å². The zero-order valence-electron chi connectivity index (χ0n) is 6.48. The number of rotatable bonds is 1. The Morgan fingerprint density at radius 2 is 2.31 bits per heavy atom. The second-order valence-corrected chi connectivity index (χ2v) is 4.40. The van der Waals surface area contributed by atoms with Crippen molar-refractivity contribution in [1.82, 2.24) is 0 Å². The first-order valence-electron chi connectivity index (χ1n) is 3.13. The first-order chi connectivity index (χ1) is 6.07. The molecule has 0 bridgehead atoms. The predicted octanol–water partition coefficient (Wildman–Crippen LogP) is 0.406. The molecule has 0 aromatic heterocycles. The maximum Gasteiger partial charge on any atom is 0.324 e. The van der Waals surface area contributed by atoms with E-state index in [-0.39, 0.29) is 9.90 Å². The summed E-state index contributed by atoms with van der Waals surface area (Å²) in [5.41, 5.74) is 0. The number of thioether (sulfide) groups is 1. The van der Waals surface area contributed by atoms with Crippen LogP contribution in [0, 0.1) is 0 Å². The van der Waals surface area contributed by atoms with E-state index in [1.54, 1.807) is 0 Å². The fraction of sp³-hybridized carbons (Fsp3) is 0.333. The van der Waals surface area contributed by atoms with Gasteiger partial charge in [-0.25, -0.2) is 0 Å². The van der Waals surface area contributed by atoms with Crippen molar-refractivity contribution in [1.29, 1.82) is 0 Å². The van der Waals surface area contributed by atoms with Crippen molar-refractivity contribution in [3.05, 3.63) is 10.4 Å². The van der Waals surface area contributed by atoms with Gasteiger partial charge in [-0.3, -0.25) is 4.79 Å². The number of esters is 1. The third kappa shape index (κ3) is 2.07. The molecule has 0 aliphatic carbocycles. The largest absolute Gasteiger partial charge is 0.468 e. The summed E-state index contributed by atoms with van der Waals surface area (Å²) >= 11 is 6.59. The molecular formula is C6H5ClO4S2. The highest BCUT2D eigenvalue weighted by molar-refractivity contribution is 8.05. The highest BCUT2D eigenvalue weighted by atomic mass is 35.5. The molecule has 13 heavy (non-hydrogen) atoms. The van der Waals surface area contributed by atoms with E-state index >= 15 is 0 Å². The number of carbonyl (C=O) groups is 1. The molecule has 1 rings (SSSR count). The highest BCUT2D eigenvalue weighted by Gasteiger charge is 2.33. The minimum Gasteiger partial charge on any atom is -0.468 e. The summed E-state index contributed by atoms with van der Waals surface area (Å²) in [6, 6.07) is 0. The van der Waals surface area contributed by atoms with E-state index in [2.05, 4.69) is 4.74 Å². The molecule has 1 unspecified atom stereocenters. The molecule has 0 aromatic rings. The van der Waals surface area contributed by atoms with E-state index in [9.17, 15) is 13.2 Å². The van der Waals surface area contributed by atoms with Crippen LogP contribution in [0.5, 0.6) is 0 Å². The minimum atomic E-state index is -2.48. The lowest BCUT2D eigenvalue weighted by Gasteiger charge is -2.04. The molecule has 1 heterocycles. The Hall–Kier alpha value is -0.460. The Morgan fingerprint density at radius 1 is 1.69 bits per heavy atom. The van der Waals surface area contributed by atoms with Crippen molar-refractivity contribution in [2.24, 2.45) is 0 Å². The van der Waals surface area contributed by atoms with Crippen molar-refractivity contribution in [3.63, 3.8) is 0 Å². The maximum absolute atomic E-state index is 11.0. The summed E-state index contributed by atoms with van der Waals surface area (Å²) in [4.78, 5) is 10.9. The fourth-order valence-electron chi connectivity index (χ4n) is 0.810. The summed E-state index contributed by atoms with van der Waals surface area (Å²) < 4.78 is 25.7. The number of hydrogen-bond acceptors (Lipinski definition) is 5. The van der Waals surface area contributed by atoms with Crippen molar-refractivity contribution in [3.8, 4) is 0 Å². The van der Waals surface area contributed by atoms with Crippen molar-refractivity contribution in [2.75, 3.05) is 7.11 Å². The van der Waals surface area contributed by atoms with Crippen molar-refractivity contribution in [2.45, 2.75) is 5.25 Å². The lowest BCUT2D eigenvalue weighted by molar-refractivity contribution is -0.138. The topological polar surface area (TPSA) is 60.4 Å². The van der Waals surface area contributed by atoms with Crippen LogP contribution in [-0.4, -0.2) is 31.6 Å². The third-order valence-electron chi connectivity index (χ3n) is 1.38. The minimum absolute atomic E-state index is 0.0775. The summed E-state index contributed by atoms with van der Waals surface area (Å²) in [5, 5.41) is 0.637. The highest BCUT2D eigenvalue weighted by Crippen LogP contribution is 2.30. The van der Waals surface area contributed by atoms with Gasteiger partial charge in [-0.1, -0.05) is 11.6 Å². The van der Waals surface area contributed by atoms with Crippen LogP contribution in [0.25, 0.3) is 0 Å². The number of allylic oxidation sites excluding steroid dienone is 1. The van der Waals surface area contributed by atoms with Crippen LogP contribution >= 0.6 is 23.4 Å². The zero-order valence-corrected chi connectivity index (χ0v) is 8.87. The molecule has 0 saturated heterocycles. The Kier molecular flexibility index (Phi) is 3.40. The third-order valence-corrected chi connectivity index (χ3v) is 3.97. The van der Waals surface area contributed by atoms with E-state index in [0.29, 0.717) is 0 Å². The fourth-order valence-corrected chi connectivity index (χ4v) is 3.13. The monoisotopic (exact) mass is 240 g/mol.